The van der Waals surface area contributed by atoms with E-state index in [9.17, 15) is 0 Å². The Balaban J connectivity index is -0.000000151. The third kappa shape index (κ3) is 12.2. The van der Waals surface area contributed by atoms with Gasteiger partial charge in [0.05, 0.1) is 0 Å². The summed E-state index contributed by atoms with van der Waals surface area (Å²) in [5, 5.41) is 5.32. The third-order valence-corrected chi connectivity index (χ3v) is 5.47. The van der Waals surface area contributed by atoms with E-state index in [0.29, 0.717) is 0 Å². The molecule has 0 atom stereocenters. The Bertz CT molecular complexity index is 694. The van der Waals surface area contributed by atoms with Crippen LogP contribution in [0.25, 0.3) is 21.5 Å². The zero-order valence-electron chi connectivity index (χ0n) is 18.4. The second-order valence-electron chi connectivity index (χ2n) is 5.77. The van der Waals surface area contributed by atoms with Gasteiger partial charge >= 0.3 is 0 Å². The number of rotatable bonds is 0. The van der Waals surface area contributed by atoms with E-state index in [2.05, 4.69) is 84.9 Å². The van der Waals surface area contributed by atoms with Gasteiger partial charge in [0.1, 0.15) is 0 Å². The molecule has 4 aromatic rings. The molecule has 1 saturated heterocycles. The van der Waals surface area contributed by atoms with E-state index in [4.69, 9.17) is 0 Å². The summed E-state index contributed by atoms with van der Waals surface area (Å²) in [5.41, 5.74) is 0. The fraction of sp³-hybridized carbons (Fsp3) is 0.154. The first-order chi connectivity index (χ1) is 11.4. The Kier molecular flexibility index (Phi) is 25.9. The Morgan fingerprint density at radius 2 is 0.931 bits per heavy atom. The SMILES string of the molecule is C1CC[Si]C1.[CH3-].[CH3-].[CH3-].[CH3-].[Hf].[Hf].c1ccc2[cH-]ccc2c1.c1ccc2[cH-]ccc2c1. The Morgan fingerprint density at radius 3 is 1.24 bits per heavy atom. The smallest absolute Gasteiger partial charge is 0.0377 e. The van der Waals surface area contributed by atoms with Crippen molar-refractivity contribution >= 4 is 31.1 Å². The van der Waals surface area contributed by atoms with Crippen molar-refractivity contribution in [3.63, 3.8) is 0 Å². The summed E-state index contributed by atoms with van der Waals surface area (Å²) >= 11 is 0. The van der Waals surface area contributed by atoms with Gasteiger partial charge in [0.2, 0.25) is 0 Å². The standard InChI is InChI=1S/2C9H7.C4H8Si.4CH3.2Hf/c2*1-2-5-9-7-3-6-8(9)4-1;1-2-4-5-3-1;;;;;;/h2*1-7H;1-4H2;4*1H3;;/q2*-1;;4*-1;;. The summed E-state index contributed by atoms with van der Waals surface area (Å²) < 4.78 is 0. The fourth-order valence-corrected chi connectivity index (χ4v) is 4.01. The van der Waals surface area contributed by atoms with Crippen molar-refractivity contribution in [3.8, 4) is 0 Å². The van der Waals surface area contributed by atoms with E-state index in [1.54, 1.807) is 0 Å². The molecule has 0 bridgehead atoms. The van der Waals surface area contributed by atoms with Gasteiger partial charge in [-0.2, -0.15) is 35.0 Å². The zero-order valence-corrected chi connectivity index (χ0v) is 26.6. The van der Waals surface area contributed by atoms with E-state index in [1.807, 2.05) is 0 Å². The molecule has 1 fully saturated rings. The van der Waals surface area contributed by atoms with Gasteiger partial charge in [-0.25, -0.2) is 0 Å². The van der Waals surface area contributed by atoms with E-state index in [0.717, 1.165) is 0 Å². The Morgan fingerprint density at radius 1 is 0.552 bits per heavy atom. The molecule has 1 aliphatic heterocycles. The summed E-state index contributed by atoms with van der Waals surface area (Å²) in [6.45, 7) is 0. The van der Waals surface area contributed by atoms with Crippen molar-refractivity contribution in [2.75, 3.05) is 0 Å². The normalized spacial score (nSPS) is 10.5. The largest absolute Gasteiger partial charge is 0.358 e. The van der Waals surface area contributed by atoms with Gasteiger partial charge in [-0.1, -0.05) is 37.1 Å². The van der Waals surface area contributed by atoms with Crippen molar-refractivity contribution in [2.45, 2.75) is 24.9 Å². The van der Waals surface area contributed by atoms with Crippen LogP contribution < -0.4 is 0 Å². The van der Waals surface area contributed by atoms with Crippen LogP contribution >= 0.6 is 0 Å². The van der Waals surface area contributed by atoms with Crippen LogP contribution in [0.15, 0.2) is 84.9 Å². The summed E-state index contributed by atoms with van der Waals surface area (Å²) in [4.78, 5) is 0. The predicted molar refractivity (Wildman–Crippen MR) is 129 cm³/mol. The van der Waals surface area contributed by atoms with Crippen LogP contribution in [0.4, 0.5) is 0 Å². The van der Waals surface area contributed by atoms with Crippen LogP contribution in [-0.4, -0.2) is 9.52 Å². The fourth-order valence-electron chi connectivity index (χ4n) is 2.76. The number of hydrogen-bond donors (Lipinski definition) is 0. The average molecular weight is 732 g/mol. The first kappa shape index (κ1) is 36.0. The minimum absolute atomic E-state index is 0. The first-order valence-corrected chi connectivity index (χ1v) is 9.76. The zero-order chi connectivity index (χ0) is 15.7. The minimum Gasteiger partial charge on any atom is -0.358 e. The molecule has 29 heavy (non-hydrogen) atoms. The number of fused-ring (bicyclic) bond motifs is 2. The maximum absolute atomic E-state index is 2.12. The Hall–Kier alpha value is -0.383. The van der Waals surface area contributed by atoms with E-state index in [1.165, 1.54) is 56.0 Å². The van der Waals surface area contributed by atoms with Gasteiger partial charge < -0.3 is 29.7 Å². The monoisotopic (exact) mass is 734 g/mol. The quantitative estimate of drug-likeness (QED) is 0.126. The molecule has 0 spiro atoms. The van der Waals surface area contributed by atoms with Crippen molar-refractivity contribution < 1.29 is 51.7 Å². The second kappa shape index (κ2) is 20.9. The summed E-state index contributed by atoms with van der Waals surface area (Å²) in [6.07, 6.45) is 3.02. The molecular formula is C26H34Hf2Si-6. The molecule has 156 valence electrons. The maximum atomic E-state index is 2.12. The third-order valence-electron chi connectivity index (χ3n) is 4.05. The van der Waals surface area contributed by atoms with Crippen molar-refractivity contribution in [2.24, 2.45) is 0 Å². The van der Waals surface area contributed by atoms with Crippen LogP contribution in [0.5, 0.6) is 0 Å². The van der Waals surface area contributed by atoms with Crippen LogP contribution in [0.1, 0.15) is 12.8 Å². The molecule has 2 radical (unpaired) electrons. The molecule has 0 unspecified atom stereocenters. The predicted octanol–water partition coefficient (Wildman–Crippen LogP) is 8.23. The van der Waals surface area contributed by atoms with E-state index < -0.39 is 0 Å². The van der Waals surface area contributed by atoms with E-state index in [-0.39, 0.29) is 81.4 Å². The molecule has 4 aromatic carbocycles. The molecule has 0 N–H and O–H groups in total. The average Bonchev–Trinajstić information content (AvgIpc) is 3.37. The van der Waals surface area contributed by atoms with Gasteiger partial charge in [0.25, 0.3) is 0 Å². The van der Waals surface area contributed by atoms with Crippen molar-refractivity contribution in [3.05, 3.63) is 115 Å². The van der Waals surface area contributed by atoms with Crippen LogP contribution in [0.2, 0.25) is 12.1 Å². The molecule has 0 saturated carbocycles. The molecule has 0 amide bonds. The minimum atomic E-state index is 0. The van der Waals surface area contributed by atoms with Gasteiger partial charge in [0, 0.05) is 61.2 Å². The first-order valence-electron chi connectivity index (χ1n) is 8.35. The molecule has 0 nitrogen and oxygen atoms in total. The topological polar surface area (TPSA) is 0 Å². The van der Waals surface area contributed by atoms with Crippen LogP contribution in [0, 0.1) is 29.7 Å². The molecule has 3 heteroatoms. The van der Waals surface area contributed by atoms with Gasteiger partial charge in [0.15, 0.2) is 0 Å². The van der Waals surface area contributed by atoms with Crippen molar-refractivity contribution in [1.82, 2.24) is 0 Å². The summed E-state index contributed by atoms with van der Waals surface area (Å²) in [6, 6.07) is 32.4. The van der Waals surface area contributed by atoms with Gasteiger partial charge in [-0.05, 0) is 0 Å². The summed E-state index contributed by atoms with van der Waals surface area (Å²) in [7, 11) is 1.31. The molecule has 5 rings (SSSR count). The maximum Gasteiger partial charge on any atom is 0.0377 e. The summed E-state index contributed by atoms with van der Waals surface area (Å²) in [5.74, 6) is 0. The van der Waals surface area contributed by atoms with Crippen LogP contribution in [0.3, 0.4) is 0 Å². The van der Waals surface area contributed by atoms with Gasteiger partial charge in [-0.3, -0.25) is 0 Å². The van der Waals surface area contributed by atoms with Crippen LogP contribution in [-0.2, 0) is 51.7 Å². The molecule has 1 aliphatic rings. The Labute approximate surface area is 220 Å². The molecule has 0 aromatic heterocycles. The van der Waals surface area contributed by atoms with E-state index >= 15 is 0 Å². The molecule has 1 heterocycles. The number of hydrogen-bond acceptors (Lipinski definition) is 0. The molecule has 0 aliphatic carbocycles. The van der Waals surface area contributed by atoms with Crippen molar-refractivity contribution in [1.29, 1.82) is 0 Å². The van der Waals surface area contributed by atoms with Gasteiger partial charge in [-0.15, -0.1) is 59.3 Å². The number of benzene rings is 2. The second-order valence-corrected chi connectivity index (χ2v) is 7.27. The molecular weight excluding hydrogens is 697 g/mol.